The minimum absolute atomic E-state index is 0.0836. The van der Waals surface area contributed by atoms with Gasteiger partial charge in [0, 0.05) is 11.1 Å². The van der Waals surface area contributed by atoms with Crippen molar-refractivity contribution in [3.63, 3.8) is 0 Å². The summed E-state index contributed by atoms with van der Waals surface area (Å²) in [5.41, 5.74) is 3.16. The number of para-hydroxylation sites is 2. The summed E-state index contributed by atoms with van der Waals surface area (Å²) in [5, 5.41) is 24.3. The Kier molecular flexibility index (Phi) is 3.55. The number of aromatic hydroxyl groups is 1. The lowest BCUT2D eigenvalue weighted by Crippen LogP contribution is -2.02. The van der Waals surface area contributed by atoms with Crippen LogP contribution in [-0.4, -0.2) is 10.1 Å². The summed E-state index contributed by atoms with van der Waals surface area (Å²) < 4.78 is 1.91. The summed E-state index contributed by atoms with van der Waals surface area (Å²) in [6.07, 6.45) is 0. The molecule has 0 bridgehead atoms. The maximum atomic E-state index is 11.1. The van der Waals surface area contributed by atoms with Crippen LogP contribution in [0.4, 0.5) is 11.4 Å². The van der Waals surface area contributed by atoms with E-state index >= 15 is 0 Å². The lowest BCUT2D eigenvalue weighted by Gasteiger charge is -2.15. The van der Waals surface area contributed by atoms with Crippen LogP contribution in [0.25, 0.3) is 31.2 Å². The van der Waals surface area contributed by atoms with Gasteiger partial charge in [0.25, 0.3) is 0 Å². The number of nitrogens with one attached hydrogen (secondary N) is 2. The minimum Gasteiger partial charge on any atom is -0.505 e. The number of phenolic OH excluding ortho intramolecular Hbond substituents is 1. The highest BCUT2D eigenvalue weighted by molar-refractivity contribution is 7.25. The molecule has 0 aliphatic rings. The Balaban J connectivity index is 1.95. The Bertz CT molecular complexity index is 1380. The summed E-state index contributed by atoms with van der Waals surface area (Å²) in [7, 11) is 0. The number of benzene rings is 4. The van der Waals surface area contributed by atoms with E-state index in [4.69, 9.17) is 10.4 Å². The molecule has 3 N–H and O–H groups in total. The molecule has 0 amide bonds. The number of rotatable bonds is 2. The molecule has 0 unspecified atom stereocenters. The standard InChI is InChI=1S/C22H15N3OS/c23-15-10-6-9-14-18(15)21(26)20(24-13-7-2-1-3-8-13)22-19(14)25-16-11-4-5-12-17(16)27-22/h1-12,23-24,26H. The molecule has 0 aliphatic heterocycles. The van der Waals surface area contributed by atoms with Gasteiger partial charge < -0.3 is 15.8 Å². The Labute approximate surface area is 158 Å². The molecule has 4 nitrogen and oxygen atoms in total. The Morgan fingerprint density at radius 3 is 2.52 bits per heavy atom. The zero-order valence-corrected chi connectivity index (χ0v) is 15.0. The summed E-state index contributed by atoms with van der Waals surface area (Å²) in [6.45, 7) is 0. The number of anilines is 2. The van der Waals surface area contributed by atoms with Gasteiger partial charge in [0.05, 0.1) is 31.2 Å². The van der Waals surface area contributed by atoms with Crippen molar-refractivity contribution in [2.75, 3.05) is 5.32 Å². The van der Waals surface area contributed by atoms with Crippen molar-refractivity contribution >= 4 is 53.9 Å². The molecule has 0 saturated heterocycles. The first-order valence-electron chi connectivity index (χ1n) is 8.56. The molecule has 5 aromatic rings. The van der Waals surface area contributed by atoms with Crippen LogP contribution < -0.4 is 10.7 Å². The zero-order valence-electron chi connectivity index (χ0n) is 14.2. The fourth-order valence-electron chi connectivity index (χ4n) is 3.34. The van der Waals surface area contributed by atoms with Gasteiger partial charge in [-0.05, 0) is 30.3 Å². The smallest absolute Gasteiger partial charge is 0.150 e. The van der Waals surface area contributed by atoms with Gasteiger partial charge in [0.2, 0.25) is 0 Å². The van der Waals surface area contributed by atoms with Crippen molar-refractivity contribution in [1.29, 1.82) is 5.41 Å². The molecule has 130 valence electrons. The molecule has 5 heteroatoms. The third kappa shape index (κ3) is 2.52. The summed E-state index contributed by atoms with van der Waals surface area (Å²) in [6, 6.07) is 23.1. The molecule has 1 heterocycles. The monoisotopic (exact) mass is 369 g/mol. The third-order valence-electron chi connectivity index (χ3n) is 4.59. The second kappa shape index (κ2) is 6.07. The second-order valence-corrected chi connectivity index (χ2v) is 7.35. The fraction of sp³-hybridized carbons (Fsp3) is 0. The van der Waals surface area contributed by atoms with Crippen LogP contribution in [0.3, 0.4) is 0 Å². The van der Waals surface area contributed by atoms with E-state index < -0.39 is 0 Å². The second-order valence-electron chi connectivity index (χ2n) is 6.30. The number of phenols is 1. The van der Waals surface area contributed by atoms with Gasteiger partial charge in [-0.2, -0.15) is 0 Å². The van der Waals surface area contributed by atoms with Crippen molar-refractivity contribution in [2.45, 2.75) is 0 Å². The molecule has 27 heavy (non-hydrogen) atoms. The number of hydrogen-bond acceptors (Lipinski definition) is 5. The van der Waals surface area contributed by atoms with Crippen LogP contribution in [0, 0.1) is 5.41 Å². The zero-order chi connectivity index (χ0) is 18.4. The van der Waals surface area contributed by atoms with E-state index in [1.807, 2.05) is 66.7 Å². The molecule has 0 saturated carbocycles. The molecule has 1 aromatic heterocycles. The maximum absolute atomic E-state index is 11.1. The summed E-state index contributed by atoms with van der Waals surface area (Å²) >= 11 is 1.59. The first-order valence-corrected chi connectivity index (χ1v) is 9.38. The molecule has 0 atom stereocenters. The van der Waals surface area contributed by atoms with Crippen LogP contribution in [0.5, 0.6) is 5.75 Å². The van der Waals surface area contributed by atoms with Gasteiger partial charge in [0.15, 0.2) is 5.75 Å². The number of nitrogens with zero attached hydrogens (tertiary/aromatic N) is 1. The SMILES string of the molecule is N=c1cccc2c1c(O)c(Nc1ccccc1)c1sc3ccccc3nc12. The van der Waals surface area contributed by atoms with Gasteiger partial charge in [-0.3, -0.25) is 0 Å². The van der Waals surface area contributed by atoms with E-state index in [1.165, 1.54) is 0 Å². The number of fused-ring (bicyclic) bond motifs is 4. The minimum atomic E-state index is 0.0836. The highest BCUT2D eigenvalue weighted by atomic mass is 32.1. The van der Waals surface area contributed by atoms with Crippen LogP contribution in [0.15, 0.2) is 72.8 Å². The normalized spacial score (nSPS) is 11.3. The highest BCUT2D eigenvalue weighted by Crippen LogP contribution is 2.43. The van der Waals surface area contributed by atoms with Gasteiger partial charge in [-0.15, -0.1) is 11.3 Å². The van der Waals surface area contributed by atoms with Crippen molar-refractivity contribution < 1.29 is 5.11 Å². The van der Waals surface area contributed by atoms with E-state index in [0.717, 1.165) is 31.5 Å². The number of hydrogen-bond donors (Lipinski definition) is 3. The van der Waals surface area contributed by atoms with Crippen LogP contribution in [0.1, 0.15) is 0 Å². The molecular formula is C22H15N3OS. The molecule has 4 aromatic carbocycles. The van der Waals surface area contributed by atoms with E-state index in [2.05, 4.69) is 5.32 Å². The van der Waals surface area contributed by atoms with Gasteiger partial charge in [-0.25, -0.2) is 4.98 Å². The third-order valence-corrected chi connectivity index (χ3v) is 5.75. The molecule has 0 aliphatic carbocycles. The van der Waals surface area contributed by atoms with E-state index in [9.17, 15) is 5.11 Å². The van der Waals surface area contributed by atoms with Crippen LogP contribution in [0.2, 0.25) is 0 Å². The Hall–Kier alpha value is -3.44. The number of aromatic nitrogens is 1. The van der Waals surface area contributed by atoms with Crippen molar-refractivity contribution in [3.05, 3.63) is 78.2 Å². The summed E-state index contributed by atoms with van der Waals surface area (Å²) in [4.78, 5) is 4.87. The quantitative estimate of drug-likeness (QED) is 0.218. The predicted octanol–water partition coefficient (Wildman–Crippen LogP) is 5.53. The average Bonchev–Trinajstić information content (AvgIpc) is 2.70. The Morgan fingerprint density at radius 1 is 0.889 bits per heavy atom. The lowest BCUT2D eigenvalue weighted by atomic mass is 10.1. The highest BCUT2D eigenvalue weighted by Gasteiger charge is 2.17. The molecule has 0 fully saturated rings. The Morgan fingerprint density at radius 2 is 1.67 bits per heavy atom. The molecule has 0 spiro atoms. The molecule has 0 radical (unpaired) electrons. The van der Waals surface area contributed by atoms with Crippen molar-refractivity contribution in [1.82, 2.24) is 4.98 Å². The first kappa shape index (κ1) is 15.8. The fourth-order valence-corrected chi connectivity index (χ4v) is 4.42. The largest absolute Gasteiger partial charge is 0.505 e. The van der Waals surface area contributed by atoms with E-state index in [1.54, 1.807) is 17.4 Å². The molecular weight excluding hydrogens is 354 g/mol. The van der Waals surface area contributed by atoms with E-state index in [0.29, 0.717) is 11.1 Å². The lowest BCUT2D eigenvalue weighted by molar-refractivity contribution is 0.484. The molecule has 5 rings (SSSR count). The van der Waals surface area contributed by atoms with Gasteiger partial charge >= 0.3 is 0 Å². The summed E-state index contributed by atoms with van der Waals surface area (Å²) in [5.74, 6) is 0.0836. The van der Waals surface area contributed by atoms with Crippen molar-refractivity contribution in [2.24, 2.45) is 0 Å². The van der Waals surface area contributed by atoms with E-state index in [-0.39, 0.29) is 11.1 Å². The van der Waals surface area contributed by atoms with Crippen molar-refractivity contribution in [3.8, 4) is 5.75 Å². The van der Waals surface area contributed by atoms with Gasteiger partial charge in [0.1, 0.15) is 5.69 Å². The average molecular weight is 369 g/mol. The maximum Gasteiger partial charge on any atom is 0.150 e. The van der Waals surface area contributed by atoms with Gasteiger partial charge in [-0.1, -0.05) is 42.5 Å². The van der Waals surface area contributed by atoms with Crippen LogP contribution in [-0.2, 0) is 0 Å². The van der Waals surface area contributed by atoms with Crippen LogP contribution >= 0.6 is 11.3 Å². The topological polar surface area (TPSA) is 69.0 Å². The first-order chi connectivity index (χ1) is 13.2. The predicted molar refractivity (Wildman–Crippen MR) is 112 cm³/mol.